The Kier molecular flexibility index (Phi) is 9.54. The summed E-state index contributed by atoms with van der Waals surface area (Å²) in [4.78, 5) is 28.2. The summed E-state index contributed by atoms with van der Waals surface area (Å²) in [6, 6.07) is 7.66. The van der Waals surface area contributed by atoms with E-state index in [1.165, 1.54) is 6.20 Å². The van der Waals surface area contributed by atoms with Gasteiger partial charge in [0, 0.05) is 31.0 Å². The molecule has 0 saturated heterocycles. The van der Waals surface area contributed by atoms with E-state index in [9.17, 15) is 9.59 Å². The number of rotatable bonds is 9. The van der Waals surface area contributed by atoms with Gasteiger partial charge in [-0.15, -0.1) is 0 Å². The third-order valence-corrected chi connectivity index (χ3v) is 3.56. The van der Waals surface area contributed by atoms with Gasteiger partial charge >= 0.3 is 0 Å². The molecule has 6 heteroatoms. The normalized spacial score (nSPS) is 12.4. The van der Waals surface area contributed by atoms with Crippen LogP contribution in [0.1, 0.15) is 12.5 Å². The van der Waals surface area contributed by atoms with E-state index in [4.69, 9.17) is 11.6 Å². The Labute approximate surface area is 165 Å². The molecule has 0 unspecified atom stereocenters. The largest absolute Gasteiger partial charge is 0.382 e. The summed E-state index contributed by atoms with van der Waals surface area (Å²) in [6.45, 7) is 5.78. The first-order valence-electron chi connectivity index (χ1n) is 8.29. The van der Waals surface area contributed by atoms with Gasteiger partial charge in [0.1, 0.15) is 5.70 Å². The van der Waals surface area contributed by atoms with Gasteiger partial charge in [-0.25, -0.2) is 4.99 Å². The molecular weight excluding hydrogens is 362 g/mol. The van der Waals surface area contributed by atoms with Gasteiger partial charge in [-0.05, 0) is 42.7 Å². The Balaban J connectivity index is 2.76. The zero-order valence-electron chi connectivity index (χ0n) is 15.8. The van der Waals surface area contributed by atoms with Gasteiger partial charge in [-0.1, -0.05) is 42.5 Å². The third kappa shape index (κ3) is 8.83. The van der Waals surface area contributed by atoms with Crippen LogP contribution in [-0.4, -0.2) is 37.4 Å². The molecule has 0 aromatic heterocycles. The maximum Gasteiger partial charge on any atom is 0.275 e. The lowest BCUT2D eigenvalue weighted by molar-refractivity contribution is -0.116. The van der Waals surface area contributed by atoms with Crippen LogP contribution in [0.5, 0.6) is 0 Å². The lowest BCUT2D eigenvalue weighted by Gasteiger charge is -2.09. The summed E-state index contributed by atoms with van der Waals surface area (Å²) in [5.74, 6) is -0.451. The Bertz CT molecular complexity index is 805. The van der Waals surface area contributed by atoms with Crippen LogP contribution in [-0.2, 0) is 16.0 Å². The second kappa shape index (κ2) is 11.6. The number of carbonyl (C=O) groups excluding carboxylic acids is 2. The average Bonchev–Trinajstić information content (AvgIpc) is 2.61. The summed E-state index contributed by atoms with van der Waals surface area (Å²) in [7, 11) is 3.51. The number of nitrogens with one attached hydrogen (secondary N) is 1. The van der Waals surface area contributed by atoms with Crippen LogP contribution in [0.4, 0.5) is 0 Å². The first-order valence-corrected chi connectivity index (χ1v) is 8.67. The molecule has 0 atom stereocenters. The molecule has 0 aliphatic carbocycles. The van der Waals surface area contributed by atoms with Gasteiger partial charge in [-0.3, -0.25) is 9.59 Å². The van der Waals surface area contributed by atoms with Crippen molar-refractivity contribution in [2.24, 2.45) is 4.99 Å². The van der Waals surface area contributed by atoms with Gasteiger partial charge in [0.05, 0.1) is 6.21 Å². The molecule has 1 N–H and O–H groups in total. The number of amides is 1. The quantitative estimate of drug-likeness (QED) is 0.305. The zero-order valence-corrected chi connectivity index (χ0v) is 16.5. The summed E-state index contributed by atoms with van der Waals surface area (Å²) in [6.07, 6.45) is 9.35. The molecule has 5 nitrogen and oxygen atoms in total. The standard InChI is InChI=1S/C21H24ClN3O2/c1-5-17(13-18-7-6-8-19(22)14-18)10-9-16(2)24-21(27)20(15-25(3)4)23-11-12-26/h5-12,14-15H,2,13H2,1,3-4H3,(H,24,27)/b10-9-,17-5+,20-15-,23-11-. The fraction of sp³-hybridized carbons (Fsp3) is 0.190. The minimum atomic E-state index is -0.451. The Morgan fingerprint density at radius 2 is 2.07 bits per heavy atom. The van der Waals surface area contributed by atoms with Gasteiger partial charge in [0.2, 0.25) is 0 Å². The van der Waals surface area contributed by atoms with E-state index in [1.807, 2.05) is 43.3 Å². The van der Waals surface area contributed by atoms with Crippen LogP contribution in [0.2, 0.25) is 5.02 Å². The van der Waals surface area contributed by atoms with Gasteiger partial charge in [0.15, 0.2) is 6.29 Å². The minimum Gasteiger partial charge on any atom is -0.382 e. The van der Waals surface area contributed by atoms with E-state index in [-0.39, 0.29) is 5.70 Å². The highest BCUT2D eigenvalue weighted by Gasteiger charge is 2.08. The highest BCUT2D eigenvalue weighted by atomic mass is 35.5. The molecule has 0 fully saturated rings. The number of nitrogens with zero attached hydrogens (tertiary/aromatic N) is 2. The highest BCUT2D eigenvalue weighted by molar-refractivity contribution is 6.30. The summed E-state index contributed by atoms with van der Waals surface area (Å²) < 4.78 is 0. The van der Waals surface area contributed by atoms with E-state index >= 15 is 0 Å². The van der Waals surface area contributed by atoms with Crippen molar-refractivity contribution in [3.8, 4) is 0 Å². The molecule has 142 valence electrons. The van der Waals surface area contributed by atoms with Crippen molar-refractivity contribution in [2.45, 2.75) is 13.3 Å². The predicted molar refractivity (Wildman–Crippen MR) is 112 cm³/mol. The van der Waals surface area contributed by atoms with Crippen LogP contribution in [0.15, 0.2) is 77.2 Å². The highest BCUT2D eigenvalue weighted by Crippen LogP contribution is 2.15. The molecule has 27 heavy (non-hydrogen) atoms. The SMILES string of the molecule is C=C(/C=C\C(=C/C)Cc1cccc(Cl)c1)NC(=O)C(=C/N(C)C)/N=C\C=O. The monoisotopic (exact) mass is 385 g/mol. The Hall–Kier alpha value is -2.92. The molecule has 1 aromatic carbocycles. The van der Waals surface area contributed by atoms with Crippen LogP contribution >= 0.6 is 11.6 Å². The summed E-state index contributed by atoms with van der Waals surface area (Å²) in [5.41, 5.74) is 2.66. The van der Waals surface area contributed by atoms with Gasteiger partial charge < -0.3 is 10.2 Å². The molecule has 0 heterocycles. The van der Waals surface area contributed by atoms with Crippen molar-refractivity contribution in [1.29, 1.82) is 0 Å². The van der Waals surface area contributed by atoms with E-state index in [0.29, 0.717) is 23.4 Å². The molecule has 0 bridgehead atoms. The average molecular weight is 386 g/mol. The topological polar surface area (TPSA) is 61.8 Å². The lowest BCUT2D eigenvalue weighted by atomic mass is 10.0. The van der Waals surface area contributed by atoms with E-state index in [0.717, 1.165) is 17.4 Å². The molecule has 0 aliphatic heterocycles. The first kappa shape index (κ1) is 22.1. The number of aliphatic imine (C=N–C) groups is 1. The number of aldehydes is 1. The first-order chi connectivity index (χ1) is 12.8. The second-order valence-corrected chi connectivity index (χ2v) is 6.31. The predicted octanol–water partition coefficient (Wildman–Crippen LogP) is 3.69. The van der Waals surface area contributed by atoms with Crippen LogP contribution in [0.25, 0.3) is 0 Å². The van der Waals surface area contributed by atoms with Crippen molar-refractivity contribution >= 4 is 30.0 Å². The van der Waals surface area contributed by atoms with Crippen LogP contribution < -0.4 is 5.32 Å². The third-order valence-electron chi connectivity index (χ3n) is 3.33. The van der Waals surface area contributed by atoms with Crippen LogP contribution in [0.3, 0.4) is 0 Å². The summed E-state index contributed by atoms with van der Waals surface area (Å²) in [5, 5.41) is 3.35. The molecule has 1 amide bonds. The van der Waals surface area contributed by atoms with E-state index in [1.54, 1.807) is 25.1 Å². The number of hydrogen-bond donors (Lipinski definition) is 1. The molecule has 0 saturated carbocycles. The maximum atomic E-state index is 12.3. The lowest BCUT2D eigenvalue weighted by Crippen LogP contribution is -2.24. The zero-order chi connectivity index (χ0) is 20.2. The van der Waals surface area contributed by atoms with Crippen molar-refractivity contribution in [3.63, 3.8) is 0 Å². The van der Waals surface area contributed by atoms with Crippen molar-refractivity contribution < 1.29 is 9.59 Å². The number of carbonyl (C=O) groups is 2. The molecule has 1 aromatic rings. The maximum absolute atomic E-state index is 12.3. The second-order valence-electron chi connectivity index (χ2n) is 5.88. The smallest absolute Gasteiger partial charge is 0.275 e. The van der Waals surface area contributed by atoms with Gasteiger partial charge in [0.25, 0.3) is 5.91 Å². The fourth-order valence-corrected chi connectivity index (χ4v) is 2.32. The molecule has 0 spiro atoms. The van der Waals surface area contributed by atoms with Crippen molar-refractivity contribution in [1.82, 2.24) is 10.2 Å². The van der Waals surface area contributed by atoms with Crippen molar-refractivity contribution in [2.75, 3.05) is 14.1 Å². The molecule has 0 radical (unpaired) electrons. The molecule has 0 aliphatic rings. The Morgan fingerprint density at radius 3 is 2.67 bits per heavy atom. The van der Waals surface area contributed by atoms with Crippen LogP contribution in [0, 0.1) is 0 Å². The van der Waals surface area contributed by atoms with Crippen molar-refractivity contribution in [3.05, 3.63) is 82.8 Å². The number of hydrogen-bond acceptors (Lipinski definition) is 4. The Morgan fingerprint density at radius 1 is 1.33 bits per heavy atom. The number of halogens is 1. The molecule has 1 rings (SSSR count). The minimum absolute atomic E-state index is 0.104. The summed E-state index contributed by atoms with van der Waals surface area (Å²) >= 11 is 6.02. The number of benzene rings is 1. The van der Waals surface area contributed by atoms with Gasteiger partial charge in [-0.2, -0.15) is 0 Å². The van der Waals surface area contributed by atoms with E-state index in [2.05, 4.69) is 16.9 Å². The fourth-order valence-electron chi connectivity index (χ4n) is 2.10. The number of allylic oxidation sites excluding steroid dienone is 4. The molecular formula is C21H24ClN3O2. The van der Waals surface area contributed by atoms with E-state index < -0.39 is 5.91 Å².